The molecule has 0 bridgehead atoms. The number of methoxy groups -OCH3 is 1. The normalized spacial score (nSPS) is 17.2. The van der Waals surface area contributed by atoms with Gasteiger partial charge in [-0.3, -0.25) is 0 Å². The zero-order valence-corrected chi connectivity index (χ0v) is 14.8. The Balaban J connectivity index is 1.67. The summed E-state index contributed by atoms with van der Waals surface area (Å²) in [5.41, 5.74) is 1.71. The molecule has 0 radical (unpaired) electrons. The molecule has 1 unspecified atom stereocenters. The van der Waals surface area contributed by atoms with Gasteiger partial charge in [-0.15, -0.1) is 10.2 Å². The largest absolute Gasteiger partial charge is 0.465 e. The minimum atomic E-state index is -0.311. The van der Waals surface area contributed by atoms with Crippen LogP contribution >= 0.6 is 11.8 Å². The van der Waals surface area contributed by atoms with Crippen LogP contribution in [-0.2, 0) is 17.0 Å². The number of ether oxygens (including phenoxy) is 1. The van der Waals surface area contributed by atoms with Crippen molar-refractivity contribution < 1.29 is 9.53 Å². The van der Waals surface area contributed by atoms with E-state index in [1.54, 1.807) is 23.9 Å². The number of rotatable bonds is 6. The SMILES string of the molecule is CCn1c(SCc2ccc(C(=O)OC)cc2)nnc1C1CCCN1. The molecule has 0 spiro atoms. The molecule has 1 aliphatic heterocycles. The lowest BCUT2D eigenvalue weighted by Crippen LogP contribution is -2.18. The number of thioether (sulfide) groups is 1. The van der Waals surface area contributed by atoms with Gasteiger partial charge in [0.25, 0.3) is 0 Å². The van der Waals surface area contributed by atoms with E-state index in [1.807, 2.05) is 12.1 Å². The molecular formula is C17H22N4O2S. The van der Waals surface area contributed by atoms with E-state index in [4.69, 9.17) is 4.74 Å². The molecule has 6 nitrogen and oxygen atoms in total. The molecule has 1 atom stereocenters. The number of hydrogen-bond acceptors (Lipinski definition) is 6. The second-order valence-electron chi connectivity index (χ2n) is 5.71. The molecule has 0 aliphatic carbocycles. The predicted molar refractivity (Wildman–Crippen MR) is 93.0 cm³/mol. The summed E-state index contributed by atoms with van der Waals surface area (Å²) in [5.74, 6) is 1.52. The van der Waals surface area contributed by atoms with E-state index < -0.39 is 0 Å². The van der Waals surface area contributed by atoms with Gasteiger partial charge in [0.05, 0.1) is 18.7 Å². The third kappa shape index (κ3) is 3.62. The maximum atomic E-state index is 11.5. The summed E-state index contributed by atoms with van der Waals surface area (Å²) in [6.07, 6.45) is 2.31. The molecule has 0 amide bonds. The summed E-state index contributed by atoms with van der Waals surface area (Å²) >= 11 is 1.67. The fraction of sp³-hybridized carbons (Fsp3) is 0.471. The lowest BCUT2D eigenvalue weighted by molar-refractivity contribution is 0.0600. The van der Waals surface area contributed by atoms with Crippen LogP contribution in [0.4, 0.5) is 0 Å². The van der Waals surface area contributed by atoms with Crippen LogP contribution in [-0.4, -0.2) is 34.4 Å². The van der Waals surface area contributed by atoms with Gasteiger partial charge in [-0.05, 0) is 44.0 Å². The van der Waals surface area contributed by atoms with Crippen molar-refractivity contribution in [1.82, 2.24) is 20.1 Å². The average Bonchev–Trinajstić information content (AvgIpc) is 3.28. The van der Waals surface area contributed by atoms with E-state index in [0.717, 1.165) is 41.8 Å². The molecule has 1 fully saturated rings. The number of benzene rings is 1. The van der Waals surface area contributed by atoms with Gasteiger partial charge in [-0.25, -0.2) is 4.79 Å². The van der Waals surface area contributed by atoms with Crippen LogP contribution in [0.3, 0.4) is 0 Å². The Morgan fingerprint density at radius 2 is 2.17 bits per heavy atom. The molecular weight excluding hydrogens is 324 g/mol. The molecule has 1 aromatic carbocycles. The van der Waals surface area contributed by atoms with Gasteiger partial charge in [0, 0.05) is 12.3 Å². The van der Waals surface area contributed by atoms with Gasteiger partial charge >= 0.3 is 5.97 Å². The lowest BCUT2D eigenvalue weighted by Gasteiger charge is -2.12. The first-order chi connectivity index (χ1) is 11.7. The van der Waals surface area contributed by atoms with Crippen molar-refractivity contribution in [2.45, 2.75) is 43.3 Å². The Morgan fingerprint density at radius 3 is 2.79 bits per heavy atom. The minimum absolute atomic E-state index is 0.311. The first-order valence-electron chi connectivity index (χ1n) is 8.19. The van der Waals surface area contributed by atoms with E-state index in [1.165, 1.54) is 13.5 Å². The monoisotopic (exact) mass is 346 g/mol. The second kappa shape index (κ2) is 7.81. The molecule has 2 heterocycles. The fourth-order valence-corrected chi connectivity index (χ4v) is 3.83. The molecule has 7 heteroatoms. The second-order valence-corrected chi connectivity index (χ2v) is 6.65. The molecule has 3 rings (SSSR count). The highest BCUT2D eigenvalue weighted by Crippen LogP contribution is 2.27. The Labute approximate surface area is 146 Å². The molecule has 1 aromatic heterocycles. The fourth-order valence-electron chi connectivity index (χ4n) is 2.87. The smallest absolute Gasteiger partial charge is 0.337 e. The number of nitrogens with zero attached hydrogens (tertiary/aromatic N) is 3. The summed E-state index contributed by atoms with van der Waals surface area (Å²) in [7, 11) is 1.39. The Hall–Kier alpha value is -1.86. The molecule has 128 valence electrons. The highest BCUT2D eigenvalue weighted by Gasteiger charge is 2.23. The van der Waals surface area contributed by atoms with Crippen LogP contribution < -0.4 is 5.32 Å². The van der Waals surface area contributed by atoms with E-state index >= 15 is 0 Å². The highest BCUT2D eigenvalue weighted by molar-refractivity contribution is 7.98. The third-order valence-electron chi connectivity index (χ3n) is 4.18. The number of carbonyl (C=O) groups excluding carboxylic acids is 1. The average molecular weight is 346 g/mol. The van der Waals surface area contributed by atoms with Crippen LogP contribution in [0.5, 0.6) is 0 Å². The molecule has 24 heavy (non-hydrogen) atoms. The number of esters is 1. The topological polar surface area (TPSA) is 69.0 Å². The van der Waals surface area contributed by atoms with Crippen molar-refractivity contribution in [3.8, 4) is 0 Å². The molecule has 1 aliphatic rings. The van der Waals surface area contributed by atoms with E-state index in [0.29, 0.717) is 11.6 Å². The Bertz CT molecular complexity index is 693. The number of nitrogens with one attached hydrogen (secondary N) is 1. The minimum Gasteiger partial charge on any atom is -0.465 e. The Kier molecular flexibility index (Phi) is 5.52. The van der Waals surface area contributed by atoms with Crippen molar-refractivity contribution >= 4 is 17.7 Å². The van der Waals surface area contributed by atoms with Crippen molar-refractivity contribution in [1.29, 1.82) is 0 Å². The van der Waals surface area contributed by atoms with Crippen LogP contribution in [0.25, 0.3) is 0 Å². The van der Waals surface area contributed by atoms with Crippen molar-refractivity contribution in [2.24, 2.45) is 0 Å². The van der Waals surface area contributed by atoms with Gasteiger partial charge in [0.15, 0.2) is 11.0 Å². The predicted octanol–water partition coefficient (Wildman–Crippen LogP) is 2.80. The maximum absolute atomic E-state index is 11.5. The molecule has 1 N–H and O–H groups in total. The number of carbonyl (C=O) groups is 1. The van der Waals surface area contributed by atoms with Gasteiger partial charge in [0.2, 0.25) is 0 Å². The lowest BCUT2D eigenvalue weighted by atomic mass is 10.1. The maximum Gasteiger partial charge on any atom is 0.337 e. The van der Waals surface area contributed by atoms with Crippen molar-refractivity contribution in [2.75, 3.05) is 13.7 Å². The summed E-state index contributed by atoms with van der Waals surface area (Å²) in [4.78, 5) is 11.5. The number of aromatic nitrogens is 3. The Morgan fingerprint density at radius 1 is 1.38 bits per heavy atom. The van der Waals surface area contributed by atoms with E-state index in [2.05, 4.69) is 27.0 Å². The summed E-state index contributed by atoms with van der Waals surface area (Å²) < 4.78 is 6.91. The van der Waals surface area contributed by atoms with Gasteiger partial charge in [-0.2, -0.15) is 0 Å². The van der Waals surface area contributed by atoms with Crippen LogP contribution in [0, 0.1) is 0 Å². The zero-order chi connectivity index (χ0) is 16.9. The molecule has 1 saturated heterocycles. The van der Waals surface area contributed by atoms with Crippen molar-refractivity contribution in [3.63, 3.8) is 0 Å². The molecule has 0 saturated carbocycles. The van der Waals surface area contributed by atoms with E-state index in [-0.39, 0.29) is 5.97 Å². The summed E-state index contributed by atoms with van der Waals surface area (Å²) in [5, 5.41) is 13.2. The van der Waals surface area contributed by atoms with Crippen LogP contribution in [0.2, 0.25) is 0 Å². The zero-order valence-electron chi connectivity index (χ0n) is 14.0. The summed E-state index contributed by atoms with van der Waals surface area (Å²) in [6, 6.07) is 7.81. The quantitative estimate of drug-likeness (QED) is 0.641. The van der Waals surface area contributed by atoms with Crippen LogP contribution in [0.1, 0.15) is 47.6 Å². The number of hydrogen-bond donors (Lipinski definition) is 1. The van der Waals surface area contributed by atoms with Crippen molar-refractivity contribution in [3.05, 3.63) is 41.2 Å². The van der Waals surface area contributed by atoms with Gasteiger partial charge < -0.3 is 14.6 Å². The first kappa shape index (κ1) is 17.0. The standard InChI is InChI=1S/C17H22N4O2S/c1-3-21-15(14-5-4-10-18-14)19-20-17(21)24-11-12-6-8-13(9-7-12)16(22)23-2/h6-9,14,18H,3-5,10-11H2,1-2H3. The van der Waals surface area contributed by atoms with Crippen LogP contribution in [0.15, 0.2) is 29.4 Å². The summed E-state index contributed by atoms with van der Waals surface area (Å²) in [6.45, 7) is 4.04. The first-order valence-corrected chi connectivity index (χ1v) is 9.18. The van der Waals surface area contributed by atoms with E-state index in [9.17, 15) is 4.79 Å². The highest BCUT2D eigenvalue weighted by atomic mass is 32.2. The molecule has 2 aromatic rings. The van der Waals surface area contributed by atoms with Gasteiger partial charge in [0.1, 0.15) is 0 Å². The third-order valence-corrected chi connectivity index (χ3v) is 5.21. The van der Waals surface area contributed by atoms with Gasteiger partial charge in [-0.1, -0.05) is 23.9 Å².